The average Bonchev–Trinajstić information content (AvgIpc) is 2.40. The van der Waals surface area contributed by atoms with Crippen LogP contribution < -0.4 is 15.8 Å². The van der Waals surface area contributed by atoms with Crippen molar-refractivity contribution in [2.45, 2.75) is 46.1 Å². The summed E-state index contributed by atoms with van der Waals surface area (Å²) in [6, 6.07) is 6.49. The molecule has 3 atom stereocenters. The molecule has 19 heavy (non-hydrogen) atoms. The van der Waals surface area contributed by atoms with Gasteiger partial charge in [0.25, 0.3) is 0 Å². The lowest BCUT2D eigenvalue weighted by molar-refractivity contribution is 0.253. The van der Waals surface area contributed by atoms with E-state index in [1.807, 2.05) is 25.1 Å². The molecule has 1 aromatic rings. The van der Waals surface area contributed by atoms with Gasteiger partial charge in [-0.15, -0.1) is 0 Å². The number of nitrogens with two attached hydrogens (primary N) is 1. The zero-order valence-corrected chi connectivity index (χ0v) is 12.3. The van der Waals surface area contributed by atoms with Crippen molar-refractivity contribution in [1.29, 1.82) is 0 Å². The minimum atomic E-state index is 0.517. The fourth-order valence-corrected chi connectivity index (χ4v) is 2.94. The Balaban J connectivity index is 2.12. The molecule has 1 aliphatic rings. The van der Waals surface area contributed by atoms with Crippen LogP contribution in [0.15, 0.2) is 18.2 Å². The Morgan fingerprint density at radius 1 is 1.32 bits per heavy atom. The highest BCUT2D eigenvalue weighted by molar-refractivity contribution is 5.73. The van der Waals surface area contributed by atoms with Crippen molar-refractivity contribution >= 4 is 11.4 Å². The van der Waals surface area contributed by atoms with Gasteiger partial charge in [-0.25, -0.2) is 0 Å². The van der Waals surface area contributed by atoms with Gasteiger partial charge >= 0.3 is 0 Å². The van der Waals surface area contributed by atoms with E-state index in [0.29, 0.717) is 18.6 Å². The maximum Gasteiger partial charge on any atom is 0.144 e. The van der Waals surface area contributed by atoms with E-state index >= 15 is 0 Å². The van der Waals surface area contributed by atoms with Gasteiger partial charge in [0.2, 0.25) is 0 Å². The molecule has 1 aromatic carbocycles. The molecule has 0 spiro atoms. The summed E-state index contributed by atoms with van der Waals surface area (Å²) in [4.78, 5) is 0. The first-order chi connectivity index (χ1) is 9.13. The summed E-state index contributed by atoms with van der Waals surface area (Å²) >= 11 is 0. The van der Waals surface area contributed by atoms with Crippen LogP contribution in [0.5, 0.6) is 5.75 Å². The van der Waals surface area contributed by atoms with Crippen LogP contribution in [0.3, 0.4) is 0 Å². The Morgan fingerprint density at radius 3 is 2.84 bits per heavy atom. The summed E-state index contributed by atoms with van der Waals surface area (Å²) < 4.78 is 5.55. The zero-order valence-electron chi connectivity index (χ0n) is 12.3. The fourth-order valence-electron chi connectivity index (χ4n) is 2.94. The molecule has 1 fully saturated rings. The van der Waals surface area contributed by atoms with Crippen LogP contribution in [-0.2, 0) is 0 Å². The Kier molecular flexibility index (Phi) is 4.56. The first-order valence-electron chi connectivity index (χ1n) is 7.41. The molecule has 0 amide bonds. The summed E-state index contributed by atoms with van der Waals surface area (Å²) in [6.07, 6.45) is 3.87. The number of hydrogen-bond donors (Lipinski definition) is 2. The molecule has 0 aliphatic heterocycles. The molecule has 3 nitrogen and oxygen atoms in total. The van der Waals surface area contributed by atoms with Gasteiger partial charge in [0.15, 0.2) is 0 Å². The molecule has 3 N–H and O–H groups in total. The third-order valence-electron chi connectivity index (χ3n) is 4.41. The smallest absolute Gasteiger partial charge is 0.144 e. The number of nitrogen functional groups attached to an aromatic ring is 1. The molecule has 1 aliphatic carbocycles. The predicted octanol–water partition coefficient (Wildman–Crippen LogP) is 3.90. The van der Waals surface area contributed by atoms with E-state index in [0.717, 1.165) is 23.0 Å². The number of nitrogens with one attached hydrogen (secondary N) is 1. The lowest BCUT2D eigenvalue weighted by Gasteiger charge is -2.35. The molecule has 0 heterocycles. The molecular formula is C16H26N2O. The number of para-hydroxylation sites is 1. The van der Waals surface area contributed by atoms with E-state index in [-0.39, 0.29) is 0 Å². The van der Waals surface area contributed by atoms with Crippen LogP contribution in [0.25, 0.3) is 0 Å². The van der Waals surface area contributed by atoms with Crippen molar-refractivity contribution in [2.75, 3.05) is 17.7 Å². The first-order valence-corrected chi connectivity index (χ1v) is 7.41. The van der Waals surface area contributed by atoms with Gasteiger partial charge < -0.3 is 15.8 Å². The molecule has 106 valence electrons. The molecule has 1 saturated carbocycles. The molecule has 2 rings (SSSR count). The van der Waals surface area contributed by atoms with Crippen molar-refractivity contribution in [2.24, 2.45) is 11.8 Å². The van der Waals surface area contributed by atoms with Gasteiger partial charge in [0.05, 0.1) is 18.0 Å². The zero-order chi connectivity index (χ0) is 13.8. The van der Waals surface area contributed by atoms with Crippen LogP contribution in [0, 0.1) is 11.8 Å². The third-order valence-corrected chi connectivity index (χ3v) is 4.41. The average molecular weight is 262 g/mol. The minimum absolute atomic E-state index is 0.517. The van der Waals surface area contributed by atoms with Crippen molar-refractivity contribution < 1.29 is 4.74 Å². The number of rotatable bonds is 4. The van der Waals surface area contributed by atoms with E-state index in [1.165, 1.54) is 19.3 Å². The summed E-state index contributed by atoms with van der Waals surface area (Å²) in [5, 5.41) is 3.62. The predicted molar refractivity (Wildman–Crippen MR) is 81.6 cm³/mol. The van der Waals surface area contributed by atoms with Crippen LogP contribution >= 0.6 is 0 Å². The summed E-state index contributed by atoms with van der Waals surface area (Å²) in [5.74, 6) is 2.25. The van der Waals surface area contributed by atoms with Gasteiger partial charge in [-0.1, -0.05) is 32.8 Å². The van der Waals surface area contributed by atoms with Crippen molar-refractivity contribution in [3.63, 3.8) is 0 Å². The van der Waals surface area contributed by atoms with E-state index in [4.69, 9.17) is 10.5 Å². The summed E-state index contributed by atoms with van der Waals surface area (Å²) in [6.45, 7) is 7.30. The van der Waals surface area contributed by atoms with Crippen LogP contribution in [-0.4, -0.2) is 12.6 Å². The quantitative estimate of drug-likeness (QED) is 0.809. The number of anilines is 2. The van der Waals surface area contributed by atoms with Crippen molar-refractivity contribution in [1.82, 2.24) is 0 Å². The summed E-state index contributed by atoms with van der Waals surface area (Å²) in [7, 11) is 0. The normalized spacial score (nSPS) is 27.0. The molecule has 0 radical (unpaired) electrons. The van der Waals surface area contributed by atoms with Gasteiger partial charge in [0, 0.05) is 6.04 Å². The second-order valence-electron chi connectivity index (χ2n) is 5.67. The van der Waals surface area contributed by atoms with Crippen LogP contribution in [0.4, 0.5) is 11.4 Å². The van der Waals surface area contributed by atoms with Gasteiger partial charge in [0.1, 0.15) is 5.75 Å². The molecule has 0 saturated heterocycles. The Hall–Kier alpha value is -1.38. The van der Waals surface area contributed by atoms with Gasteiger partial charge in [-0.3, -0.25) is 0 Å². The monoisotopic (exact) mass is 262 g/mol. The largest absolute Gasteiger partial charge is 0.492 e. The van der Waals surface area contributed by atoms with Crippen LogP contribution in [0.1, 0.15) is 40.0 Å². The number of ether oxygens (including phenoxy) is 1. The highest BCUT2D eigenvalue weighted by Gasteiger charge is 2.27. The van der Waals surface area contributed by atoms with E-state index < -0.39 is 0 Å². The molecule has 0 bridgehead atoms. The first kappa shape index (κ1) is 14.0. The maximum absolute atomic E-state index is 6.18. The Morgan fingerprint density at radius 2 is 2.11 bits per heavy atom. The second-order valence-corrected chi connectivity index (χ2v) is 5.67. The Bertz CT molecular complexity index is 419. The van der Waals surface area contributed by atoms with Crippen LogP contribution in [0.2, 0.25) is 0 Å². The lowest BCUT2D eigenvalue weighted by Crippen LogP contribution is -2.35. The molecule has 0 aromatic heterocycles. The van der Waals surface area contributed by atoms with E-state index in [9.17, 15) is 0 Å². The standard InChI is InChI=1S/C16H26N2O/c1-4-19-15-10-6-9-14(16(15)17)18-13-8-5-7-11(2)12(13)3/h6,9-13,18H,4-5,7-8,17H2,1-3H3. The van der Waals surface area contributed by atoms with Crippen molar-refractivity contribution in [3.05, 3.63) is 18.2 Å². The fraction of sp³-hybridized carbons (Fsp3) is 0.625. The molecule has 3 heteroatoms. The van der Waals surface area contributed by atoms with E-state index in [1.54, 1.807) is 0 Å². The summed E-state index contributed by atoms with van der Waals surface area (Å²) in [5.41, 5.74) is 7.92. The maximum atomic E-state index is 6.18. The van der Waals surface area contributed by atoms with E-state index in [2.05, 4.69) is 19.2 Å². The van der Waals surface area contributed by atoms with Crippen molar-refractivity contribution in [3.8, 4) is 5.75 Å². The lowest BCUT2D eigenvalue weighted by atomic mass is 9.78. The highest BCUT2D eigenvalue weighted by Crippen LogP contribution is 2.35. The van der Waals surface area contributed by atoms with Gasteiger partial charge in [-0.05, 0) is 37.3 Å². The molecule has 3 unspecified atom stereocenters. The second kappa shape index (κ2) is 6.18. The SMILES string of the molecule is CCOc1cccc(NC2CCCC(C)C2C)c1N. The molecular weight excluding hydrogens is 236 g/mol. The minimum Gasteiger partial charge on any atom is -0.492 e. The third kappa shape index (κ3) is 3.14. The highest BCUT2D eigenvalue weighted by atomic mass is 16.5. The Labute approximate surface area is 116 Å². The topological polar surface area (TPSA) is 47.3 Å². The number of hydrogen-bond acceptors (Lipinski definition) is 3. The van der Waals surface area contributed by atoms with Gasteiger partial charge in [-0.2, -0.15) is 0 Å². The number of benzene rings is 1.